The highest BCUT2D eigenvalue weighted by Crippen LogP contribution is 2.32. The van der Waals surface area contributed by atoms with E-state index in [2.05, 4.69) is 15.6 Å². The molecule has 10 heteroatoms. The lowest BCUT2D eigenvalue weighted by Crippen LogP contribution is -2.33. The summed E-state index contributed by atoms with van der Waals surface area (Å²) >= 11 is 1.21. The van der Waals surface area contributed by atoms with Crippen LogP contribution in [0.5, 0.6) is 11.5 Å². The summed E-state index contributed by atoms with van der Waals surface area (Å²) in [6.45, 7) is 4.12. The molecule has 1 aromatic heterocycles. The molecular formula is C19H24N4O5S. The third kappa shape index (κ3) is 5.64. The van der Waals surface area contributed by atoms with Crippen molar-refractivity contribution in [3.05, 3.63) is 35.7 Å². The number of aliphatic hydroxyl groups is 1. The average molecular weight is 420 g/mol. The highest BCUT2D eigenvalue weighted by Gasteiger charge is 2.16. The quantitative estimate of drug-likeness (QED) is 0.519. The molecule has 0 atom stereocenters. The minimum absolute atomic E-state index is 0.0154. The van der Waals surface area contributed by atoms with E-state index in [1.165, 1.54) is 18.0 Å². The fourth-order valence-electron chi connectivity index (χ4n) is 2.75. The normalized spacial score (nSPS) is 12.3. The van der Waals surface area contributed by atoms with Crippen molar-refractivity contribution in [3.63, 3.8) is 0 Å². The summed E-state index contributed by atoms with van der Waals surface area (Å²) in [7, 11) is 0. The maximum Gasteiger partial charge on any atom is 0.240 e. The number of nitrogens with one attached hydrogen (secondary N) is 2. The van der Waals surface area contributed by atoms with E-state index in [1.54, 1.807) is 4.57 Å². The zero-order chi connectivity index (χ0) is 20.8. The lowest BCUT2D eigenvalue weighted by atomic mass is 10.2. The van der Waals surface area contributed by atoms with Gasteiger partial charge in [0.05, 0.1) is 24.3 Å². The molecule has 2 aromatic rings. The van der Waals surface area contributed by atoms with Crippen molar-refractivity contribution < 1.29 is 24.2 Å². The maximum absolute atomic E-state index is 12.2. The van der Waals surface area contributed by atoms with Gasteiger partial charge in [-0.15, -0.1) is 0 Å². The van der Waals surface area contributed by atoms with Gasteiger partial charge in [-0.3, -0.25) is 9.59 Å². The van der Waals surface area contributed by atoms with Crippen LogP contribution in [0.4, 0.5) is 0 Å². The van der Waals surface area contributed by atoms with Crippen LogP contribution < -0.4 is 20.1 Å². The minimum atomic E-state index is -0.237. The van der Waals surface area contributed by atoms with Gasteiger partial charge in [0, 0.05) is 12.6 Å². The summed E-state index contributed by atoms with van der Waals surface area (Å²) in [5, 5.41) is 15.6. The zero-order valence-corrected chi connectivity index (χ0v) is 17.1. The van der Waals surface area contributed by atoms with Crippen molar-refractivity contribution in [2.75, 3.05) is 12.5 Å². The second-order valence-corrected chi connectivity index (χ2v) is 7.69. The number of hydrogen-bond acceptors (Lipinski definition) is 7. The lowest BCUT2D eigenvalue weighted by Gasteiger charge is -2.13. The molecule has 0 aliphatic carbocycles. The average Bonchev–Trinajstić information content (AvgIpc) is 3.30. The Bertz CT molecular complexity index is 883. The van der Waals surface area contributed by atoms with E-state index in [-0.39, 0.29) is 43.6 Å². The molecule has 0 fully saturated rings. The summed E-state index contributed by atoms with van der Waals surface area (Å²) in [5.74, 6) is 1.16. The SMILES string of the molecule is CC(C)NC(=O)Cn1c(CO)cnc1SCC(=O)NCc1ccc2c(c1)OCO2. The molecule has 0 radical (unpaired) electrons. The molecule has 0 bridgehead atoms. The first-order valence-corrected chi connectivity index (χ1v) is 10.2. The van der Waals surface area contributed by atoms with E-state index < -0.39 is 0 Å². The fraction of sp³-hybridized carbons (Fsp3) is 0.421. The van der Waals surface area contributed by atoms with Gasteiger partial charge in [0.25, 0.3) is 0 Å². The summed E-state index contributed by atoms with van der Waals surface area (Å²) < 4.78 is 12.2. The van der Waals surface area contributed by atoms with Gasteiger partial charge in [0.15, 0.2) is 16.7 Å². The number of carbonyl (C=O) groups excluding carboxylic acids is 2. The number of imidazole rings is 1. The Morgan fingerprint density at radius 1 is 1.28 bits per heavy atom. The van der Waals surface area contributed by atoms with E-state index in [4.69, 9.17) is 9.47 Å². The third-order valence-corrected chi connectivity index (χ3v) is 5.06. The van der Waals surface area contributed by atoms with E-state index in [9.17, 15) is 14.7 Å². The molecule has 1 aliphatic rings. The van der Waals surface area contributed by atoms with Crippen LogP contribution in [0, 0.1) is 0 Å². The standard InChI is InChI=1S/C19H24N4O5S/c1-12(2)22-17(25)8-23-14(9-24)7-21-19(23)29-10-18(26)20-6-13-3-4-15-16(5-13)28-11-27-15/h3-5,7,12,24H,6,8-11H2,1-2H3,(H,20,26)(H,22,25). The second-order valence-electron chi connectivity index (χ2n) is 6.75. The molecule has 3 N–H and O–H groups in total. The maximum atomic E-state index is 12.2. The Morgan fingerprint density at radius 3 is 2.83 bits per heavy atom. The van der Waals surface area contributed by atoms with E-state index in [0.717, 1.165) is 5.56 Å². The number of ether oxygens (including phenoxy) is 2. The minimum Gasteiger partial charge on any atom is -0.454 e. The van der Waals surface area contributed by atoms with Gasteiger partial charge in [0.2, 0.25) is 18.6 Å². The predicted octanol–water partition coefficient (Wildman–Crippen LogP) is 1.04. The largest absolute Gasteiger partial charge is 0.454 e. The number of amides is 2. The molecule has 0 unspecified atom stereocenters. The third-order valence-electron chi connectivity index (χ3n) is 4.07. The van der Waals surface area contributed by atoms with Gasteiger partial charge in [-0.1, -0.05) is 17.8 Å². The monoisotopic (exact) mass is 420 g/mol. The predicted molar refractivity (Wildman–Crippen MR) is 107 cm³/mol. The van der Waals surface area contributed by atoms with E-state index in [0.29, 0.717) is 28.9 Å². The molecule has 3 rings (SSSR count). The molecule has 29 heavy (non-hydrogen) atoms. The van der Waals surface area contributed by atoms with E-state index in [1.807, 2.05) is 32.0 Å². The van der Waals surface area contributed by atoms with Gasteiger partial charge in [-0.05, 0) is 31.5 Å². The second kappa shape index (κ2) is 9.66. The Labute approximate surface area is 172 Å². The molecule has 0 spiro atoms. The number of benzene rings is 1. The van der Waals surface area contributed by atoms with Gasteiger partial charge in [0.1, 0.15) is 6.54 Å². The number of thioether (sulfide) groups is 1. The summed E-state index contributed by atoms with van der Waals surface area (Å²) in [5.41, 5.74) is 1.43. The van der Waals surface area contributed by atoms with Gasteiger partial charge in [-0.2, -0.15) is 0 Å². The van der Waals surface area contributed by atoms with Crippen molar-refractivity contribution in [3.8, 4) is 11.5 Å². The van der Waals surface area contributed by atoms with Crippen LogP contribution in [-0.4, -0.2) is 45.1 Å². The molecule has 1 aromatic carbocycles. The number of fused-ring (bicyclic) bond motifs is 1. The number of rotatable bonds is 9. The molecule has 0 saturated heterocycles. The Morgan fingerprint density at radius 2 is 2.07 bits per heavy atom. The van der Waals surface area contributed by atoms with Crippen molar-refractivity contribution in [2.45, 2.75) is 44.7 Å². The van der Waals surface area contributed by atoms with Crippen LogP contribution in [0.25, 0.3) is 0 Å². The van der Waals surface area contributed by atoms with Crippen LogP contribution in [0.1, 0.15) is 25.1 Å². The molecule has 1 aliphatic heterocycles. The first-order valence-electron chi connectivity index (χ1n) is 9.19. The highest BCUT2D eigenvalue weighted by molar-refractivity contribution is 7.99. The van der Waals surface area contributed by atoms with Crippen LogP contribution in [0.3, 0.4) is 0 Å². The van der Waals surface area contributed by atoms with Crippen molar-refractivity contribution in [1.82, 2.24) is 20.2 Å². The highest BCUT2D eigenvalue weighted by atomic mass is 32.2. The Balaban J connectivity index is 1.53. The Hall–Kier alpha value is -2.72. The Kier molecular flexibility index (Phi) is 6.99. The molecule has 156 valence electrons. The lowest BCUT2D eigenvalue weighted by molar-refractivity contribution is -0.122. The van der Waals surface area contributed by atoms with Crippen LogP contribution in [-0.2, 0) is 29.3 Å². The van der Waals surface area contributed by atoms with Crippen molar-refractivity contribution >= 4 is 23.6 Å². The topological polar surface area (TPSA) is 115 Å². The fourth-order valence-corrected chi connectivity index (χ4v) is 3.57. The molecular weight excluding hydrogens is 396 g/mol. The number of hydrogen-bond donors (Lipinski definition) is 3. The van der Waals surface area contributed by atoms with Crippen LogP contribution in [0.2, 0.25) is 0 Å². The van der Waals surface area contributed by atoms with Gasteiger partial charge >= 0.3 is 0 Å². The number of aliphatic hydroxyl groups excluding tert-OH is 1. The van der Waals surface area contributed by atoms with Gasteiger partial charge < -0.3 is 29.8 Å². The summed E-state index contributed by atoms with van der Waals surface area (Å²) in [6.07, 6.45) is 1.51. The molecule has 2 heterocycles. The van der Waals surface area contributed by atoms with Crippen molar-refractivity contribution in [1.29, 1.82) is 0 Å². The number of aromatic nitrogens is 2. The number of nitrogens with zero attached hydrogens (tertiary/aromatic N) is 2. The first-order chi connectivity index (χ1) is 14.0. The summed E-state index contributed by atoms with van der Waals surface area (Å²) in [6, 6.07) is 5.54. The van der Waals surface area contributed by atoms with Crippen LogP contribution >= 0.6 is 11.8 Å². The molecule has 0 saturated carbocycles. The van der Waals surface area contributed by atoms with E-state index >= 15 is 0 Å². The zero-order valence-electron chi connectivity index (χ0n) is 16.3. The molecule has 2 amide bonds. The van der Waals surface area contributed by atoms with Crippen molar-refractivity contribution in [2.24, 2.45) is 0 Å². The van der Waals surface area contributed by atoms with Gasteiger partial charge in [-0.25, -0.2) is 4.98 Å². The smallest absolute Gasteiger partial charge is 0.240 e. The first kappa shape index (κ1) is 21.0. The van der Waals surface area contributed by atoms with Crippen LogP contribution in [0.15, 0.2) is 29.6 Å². The summed E-state index contributed by atoms with van der Waals surface area (Å²) in [4.78, 5) is 28.5. The number of carbonyl (C=O) groups is 2. The molecule has 9 nitrogen and oxygen atoms in total.